The molecule has 3 N–H and O–H groups in total. The lowest BCUT2D eigenvalue weighted by atomic mass is 10.2. The van der Waals surface area contributed by atoms with Gasteiger partial charge in [-0.1, -0.05) is 18.2 Å². The average molecular weight is 337 g/mol. The van der Waals surface area contributed by atoms with Gasteiger partial charge in [0.2, 0.25) is 0 Å². The molecule has 5 nitrogen and oxygen atoms in total. The van der Waals surface area contributed by atoms with Crippen LogP contribution in [0.5, 0.6) is 5.75 Å². The van der Waals surface area contributed by atoms with E-state index in [1.807, 2.05) is 0 Å². The number of nitrogens with zero attached hydrogens (tertiary/aromatic N) is 1. The fourth-order valence-corrected chi connectivity index (χ4v) is 1.80. The number of carbonyl (C=O) groups excluding carboxylic acids is 1. The summed E-state index contributed by atoms with van der Waals surface area (Å²) < 4.78 is 37.7. The molecule has 0 heterocycles. The third kappa shape index (κ3) is 5.01. The van der Waals surface area contributed by atoms with Crippen molar-refractivity contribution >= 4 is 17.8 Å². The zero-order valence-electron chi connectivity index (χ0n) is 12.3. The number of amides is 1. The van der Waals surface area contributed by atoms with E-state index in [2.05, 4.69) is 15.8 Å². The predicted molar refractivity (Wildman–Crippen MR) is 83.8 cm³/mol. The Morgan fingerprint density at radius 1 is 1.17 bits per heavy atom. The summed E-state index contributed by atoms with van der Waals surface area (Å²) in [6.07, 6.45) is -3.18. The van der Waals surface area contributed by atoms with E-state index in [1.54, 1.807) is 18.2 Å². The number of aromatic hydroxyl groups is 1. The van der Waals surface area contributed by atoms with Crippen molar-refractivity contribution in [2.24, 2.45) is 5.10 Å². The van der Waals surface area contributed by atoms with Crippen LogP contribution in [0.2, 0.25) is 0 Å². The molecule has 0 saturated heterocycles. The van der Waals surface area contributed by atoms with Crippen LogP contribution in [-0.4, -0.2) is 23.8 Å². The first kappa shape index (κ1) is 17.3. The van der Waals surface area contributed by atoms with Crippen molar-refractivity contribution in [2.75, 3.05) is 11.9 Å². The monoisotopic (exact) mass is 337 g/mol. The zero-order valence-corrected chi connectivity index (χ0v) is 12.3. The molecule has 2 rings (SSSR count). The Balaban J connectivity index is 1.87. The van der Waals surface area contributed by atoms with Crippen molar-refractivity contribution < 1.29 is 23.1 Å². The minimum absolute atomic E-state index is 0.0117. The second-order valence-electron chi connectivity index (χ2n) is 4.78. The van der Waals surface area contributed by atoms with Crippen LogP contribution in [0.25, 0.3) is 0 Å². The molecule has 0 aliphatic carbocycles. The van der Waals surface area contributed by atoms with Gasteiger partial charge in [-0.15, -0.1) is 0 Å². The number of hydrogen-bond acceptors (Lipinski definition) is 4. The molecule has 0 aromatic heterocycles. The summed E-state index contributed by atoms with van der Waals surface area (Å²) >= 11 is 0. The molecule has 1 amide bonds. The van der Waals surface area contributed by atoms with Gasteiger partial charge in [0.05, 0.1) is 18.3 Å². The quantitative estimate of drug-likeness (QED) is 0.580. The standard InChI is InChI=1S/C16H14F3N3O2/c17-16(18,19)12-5-3-6-13(8-12)20-10-15(24)22-21-9-11-4-1-2-7-14(11)23/h1-9,20,23H,10H2,(H,22,24)/b21-9-. The Morgan fingerprint density at radius 2 is 1.92 bits per heavy atom. The highest BCUT2D eigenvalue weighted by Gasteiger charge is 2.30. The minimum atomic E-state index is -4.44. The highest BCUT2D eigenvalue weighted by atomic mass is 19.4. The van der Waals surface area contributed by atoms with Gasteiger partial charge in [-0.05, 0) is 30.3 Å². The summed E-state index contributed by atoms with van der Waals surface area (Å²) in [5.41, 5.74) is 2.00. The second-order valence-corrected chi connectivity index (χ2v) is 4.78. The largest absolute Gasteiger partial charge is 0.507 e. The molecule has 0 aliphatic rings. The molecule has 0 atom stereocenters. The first-order valence-corrected chi connectivity index (χ1v) is 6.87. The van der Waals surface area contributed by atoms with Gasteiger partial charge in [0.1, 0.15) is 5.75 Å². The molecule has 0 fully saturated rings. The average Bonchev–Trinajstić information content (AvgIpc) is 2.54. The number of carbonyl (C=O) groups is 1. The highest BCUT2D eigenvalue weighted by molar-refractivity contribution is 5.86. The number of hydrogen-bond donors (Lipinski definition) is 3. The number of benzene rings is 2. The second kappa shape index (κ2) is 7.49. The topological polar surface area (TPSA) is 73.7 Å². The maximum Gasteiger partial charge on any atom is 0.416 e. The number of nitrogens with one attached hydrogen (secondary N) is 2. The number of anilines is 1. The summed E-state index contributed by atoms with van der Waals surface area (Å²) in [4.78, 5) is 11.6. The maximum absolute atomic E-state index is 12.6. The number of alkyl halides is 3. The molecule has 0 unspecified atom stereocenters. The molecule has 2 aromatic rings. The first-order valence-electron chi connectivity index (χ1n) is 6.87. The summed E-state index contributed by atoms with van der Waals surface area (Å²) in [6, 6.07) is 10.9. The van der Waals surface area contributed by atoms with Gasteiger partial charge in [0.15, 0.2) is 0 Å². The fraction of sp³-hybridized carbons (Fsp3) is 0.125. The molecule has 24 heavy (non-hydrogen) atoms. The molecule has 0 bridgehead atoms. The molecule has 0 radical (unpaired) electrons. The van der Waals surface area contributed by atoms with E-state index in [0.29, 0.717) is 5.56 Å². The van der Waals surface area contributed by atoms with Gasteiger partial charge in [-0.2, -0.15) is 18.3 Å². The summed E-state index contributed by atoms with van der Waals surface area (Å²) in [5, 5.41) is 15.8. The van der Waals surface area contributed by atoms with Gasteiger partial charge in [-0.3, -0.25) is 4.79 Å². The lowest BCUT2D eigenvalue weighted by Gasteiger charge is -2.10. The highest BCUT2D eigenvalue weighted by Crippen LogP contribution is 2.30. The molecule has 0 saturated carbocycles. The van der Waals surface area contributed by atoms with E-state index in [4.69, 9.17) is 0 Å². The summed E-state index contributed by atoms with van der Waals surface area (Å²) in [5.74, 6) is -0.531. The van der Waals surface area contributed by atoms with Crippen molar-refractivity contribution in [3.8, 4) is 5.75 Å². The molecular weight excluding hydrogens is 323 g/mol. The number of hydrazone groups is 1. The zero-order chi connectivity index (χ0) is 17.6. The maximum atomic E-state index is 12.6. The van der Waals surface area contributed by atoms with Crippen molar-refractivity contribution in [2.45, 2.75) is 6.18 Å². The van der Waals surface area contributed by atoms with Gasteiger partial charge < -0.3 is 10.4 Å². The van der Waals surface area contributed by atoms with Crippen molar-refractivity contribution in [3.05, 3.63) is 59.7 Å². The Kier molecular flexibility index (Phi) is 5.41. The molecule has 8 heteroatoms. The summed E-state index contributed by atoms with van der Waals surface area (Å²) in [6.45, 7) is -0.251. The number of halogens is 3. The van der Waals surface area contributed by atoms with E-state index < -0.39 is 17.6 Å². The van der Waals surface area contributed by atoms with E-state index in [1.165, 1.54) is 24.4 Å². The Labute approximate surface area is 135 Å². The molecular formula is C16H14F3N3O2. The first-order chi connectivity index (χ1) is 11.4. The third-order valence-electron chi connectivity index (χ3n) is 2.97. The van der Waals surface area contributed by atoms with Crippen LogP contribution >= 0.6 is 0 Å². The van der Waals surface area contributed by atoms with E-state index in [-0.39, 0.29) is 18.0 Å². The van der Waals surface area contributed by atoms with Crippen molar-refractivity contribution in [1.82, 2.24) is 5.43 Å². The lowest BCUT2D eigenvalue weighted by molar-refractivity contribution is -0.137. The Bertz CT molecular complexity index is 745. The number of para-hydroxylation sites is 1. The van der Waals surface area contributed by atoms with E-state index >= 15 is 0 Å². The van der Waals surface area contributed by atoms with Crippen LogP contribution in [0, 0.1) is 0 Å². The molecule has 0 aliphatic heterocycles. The number of rotatable bonds is 5. The van der Waals surface area contributed by atoms with E-state index in [9.17, 15) is 23.1 Å². The Morgan fingerprint density at radius 3 is 2.62 bits per heavy atom. The van der Waals surface area contributed by atoms with Gasteiger partial charge in [-0.25, -0.2) is 5.43 Å². The molecule has 2 aromatic carbocycles. The van der Waals surface area contributed by atoms with Gasteiger partial charge in [0, 0.05) is 11.3 Å². The van der Waals surface area contributed by atoms with Crippen LogP contribution in [0.4, 0.5) is 18.9 Å². The van der Waals surface area contributed by atoms with Crippen LogP contribution in [0.3, 0.4) is 0 Å². The van der Waals surface area contributed by atoms with Crippen LogP contribution in [0.1, 0.15) is 11.1 Å². The van der Waals surface area contributed by atoms with Gasteiger partial charge >= 0.3 is 6.18 Å². The van der Waals surface area contributed by atoms with Gasteiger partial charge in [0.25, 0.3) is 5.91 Å². The van der Waals surface area contributed by atoms with Crippen LogP contribution in [-0.2, 0) is 11.0 Å². The third-order valence-corrected chi connectivity index (χ3v) is 2.97. The number of phenolic OH excluding ortho intramolecular Hbond substituents is 1. The lowest BCUT2D eigenvalue weighted by Crippen LogP contribution is -2.26. The fourth-order valence-electron chi connectivity index (χ4n) is 1.80. The van der Waals surface area contributed by atoms with E-state index in [0.717, 1.165) is 12.1 Å². The normalized spacial score (nSPS) is 11.5. The predicted octanol–water partition coefficient (Wildman–Crippen LogP) is 2.97. The van der Waals surface area contributed by atoms with Crippen LogP contribution < -0.4 is 10.7 Å². The van der Waals surface area contributed by atoms with Crippen LogP contribution in [0.15, 0.2) is 53.6 Å². The smallest absolute Gasteiger partial charge is 0.416 e. The number of phenols is 1. The Hall–Kier alpha value is -3.03. The summed E-state index contributed by atoms with van der Waals surface area (Å²) in [7, 11) is 0. The minimum Gasteiger partial charge on any atom is -0.507 e. The van der Waals surface area contributed by atoms with Crippen molar-refractivity contribution in [3.63, 3.8) is 0 Å². The molecule has 126 valence electrons. The van der Waals surface area contributed by atoms with Crippen molar-refractivity contribution in [1.29, 1.82) is 0 Å². The SMILES string of the molecule is O=C(CNc1cccc(C(F)(F)F)c1)N/N=C\c1ccccc1O. The molecule has 0 spiro atoms.